The minimum Gasteiger partial charge on any atom is -0.399 e. The quantitative estimate of drug-likeness (QED) is 0.831. The summed E-state index contributed by atoms with van der Waals surface area (Å²) in [6.07, 6.45) is 1.28. The molecule has 4 heteroatoms. The number of anilines is 2. The molecule has 2 rings (SSSR count). The van der Waals surface area contributed by atoms with Gasteiger partial charge in [-0.3, -0.25) is 4.79 Å². The maximum Gasteiger partial charge on any atom is 0.231 e. The third kappa shape index (κ3) is 4.33. The van der Waals surface area contributed by atoms with E-state index in [4.69, 9.17) is 5.73 Å². The molecule has 0 saturated heterocycles. The molecule has 0 aromatic heterocycles. The molecular weight excluding hydrogens is 328 g/mol. The van der Waals surface area contributed by atoms with Crippen LogP contribution >= 0.6 is 15.9 Å². The summed E-state index contributed by atoms with van der Waals surface area (Å²) in [5, 5.41) is 0. The molecular formula is C17H19BrN2O. The number of hydrogen-bond acceptors (Lipinski definition) is 2. The average molecular weight is 347 g/mol. The SMILES string of the molecule is CCCN(C(=O)Cc1cccc(Br)c1)c1cccc(N)c1. The van der Waals surface area contributed by atoms with Gasteiger partial charge in [-0.2, -0.15) is 0 Å². The van der Waals surface area contributed by atoms with E-state index in [2.05, 4.69) is 22.9 Å². The zero-order chi connectivity index (χ0) is 15.2. The van der Waals surface area contributed by atoms with Crippen molar-refractivity contribution in [1.82, 2.24) is 0 Å². The lowest BCUT2D eigenvalue weighted by molar-refractivity contribution is -0.118. The monoisotopic (exact) mass is 346 g/mol. The number of nitrogens with two attached hydrogens (primary N) is 1. The second-order valence-corrected chi connectivity index (χ2v) is 5.86. The molecule has 0 unspecified atom stereocenters. The van der Waals surface area contributed by atoms with E-state index >= 15 is 0 Å². The Labute approximate surface area is 133 Å². The number of amides is 1. The third-order valence-corrected chi connectivity index (χ3v) is 3.67. The molecule has 0 aliphatic heterocycles. The van der Waals surface area contributed by atoms with Crippen molar-refractivity contribution >= 4 is 33.2 Å². The summed E-state index contributed by atoms with van der Waals surface area (Å²) in [7, 11) is 0. The van der Waals surface area contributed by atoms with E-state index in [1.54, 1.807) is 4.90 Å². The summed E-state index contributed by atoms with van der Waals surface area (Å²) in [6.45, 7) is 2.75. The number of halogens is 1. The molecule has 3 nitrogen and oxygen atoms in total. The first kappa shape index (κ1) is 15.6. The van der Waals surface area contributed by atoms with Gasteiger partial charge in [-0.1, -0.05) is 41.1 Å². The fourth-order valence-corrected chi connectivity index (χ4v) is 2.68. The molecule has 0 saturated carbocycles. The van der Waals surface area contributed by atoms with Crippen LogP contribution in [0.1, 0.15) is 18.9 Å². The molecule has 2 aromatic carbocycles. The van der Waals surface area contributed by atoms with Gasteiger partial charge in [-0.05, 0) is 42.3 Å². The number of nitrogen functional groups attached to an aromatic ring is 1. The lowest BCUT2D eigenvalue weighted by Gasteiger charge is -2.22. The predicted octanol–water partition coefficient (Wildman–Crippen LogP) is 4.02. The van der Waals surface area contributed by atoms with Crippen LogP contribution in [-0.2, 0) is 11.2 Å². The Hall–Kier alpha value is -1.81. The Morgan fingerprint density at radius 2 is 1.95 bits per heavy atom. The molecule has 0 aliphatic carbocycles. The normalized spacial score (nSPS) is 10.4. The summed E-state index contributed by atoms with van der Waals surface area (Å²) < 4.78 is 0.985. The van der Waals surface area contributed by atoms with Gasteiger partial charge in [0.1, 0.15) is 0 Å². The van der Waals surface area contributed by atoms with Crippen molar-refractivity contribution in [2.24, 2.45) is 0 Å². The molecule has 2 N–H and O–H groups in total. The smallest absolute Gasteiger partial charge is 0.231 e. The zero-order valence-electron chi connectivity index (χ0n) is 12.1. The maximum absolute atomic E-state index is 12.6. The minimum atomic E-state index is 0.0838. The molecule has 1 amide bonds. The number of carbonyl (C=O) groups excluding carboxylic acids is 1. The molecule has 0 radical (unpaired) electrons. The van der Waals surface area contributed by atoms with E-state index in [-0.39, 0.29) is 5.91 Å². The van der Waals surface area contributed by atoms with Crippen LogP contribution in [0.5, 0.6) is 0 Å². The Kier molecular flexibility index (Phi) is 5.39. The average Bonchev–Trinajstić information content (AvgIpc) is 2.44. The summed E-state index contributed by atoms with van der Waals surface area (Å²) >= 11 is 3.43. The maximum atomic E-state index is 12.6. The van der Waals surface area contributed by atoms with Gasteiger partial charge < -0.3 is 10.6 Å². The topological polar surface area (TPSA) is 46.3 Å². The second kappa shape index (κ2) is 7.27. The van der Waals surface area contributed by atoms with Crippen molar-refractivity contribution in [3.05, 3.63) is 58.6 Å². The lowest BCUT2D eigenvalue weighted by Crippen LogP contribution is -2.33. The van der Waals surface area contributed by atoms with Crippen LogP contribution in [0.4, 0.5) is 11.4 Å². The van der Waals surface area contributed by atoms with Crippen LogP contribution in [0.3, 0.4) is 0 Å². The van der Waals surface area contributed by atoms with Crippen LogP contribution in [0.25, 0.3) is 0 Å². The second-order valence-electron chi connectivity index (χ2n) is 4.95. The minimum absolute atomic E-state index is 0.0838. The Morgan fingerprint density at radius 3 is 2.62 bits per heavy atom. The van der Waals surface area contributed by atoms with Crippen LogP contribution in [0, 0.1) is 0 Å². The highest BCUT2D eigenvalue weighted by atomic mass is 79.9. The largest absolute Gasteiger partial charge is 0.399 e. The van der Waals surface area contributed by atoms with E-state index < -0.39 is 0 Å². The van der Waals surface area contributed by atoms with Crippen molar-refractivity contribution in [2.45, 2.75) is 19.8 Å². The van der Waals surface area contributed by atoms with Gasteiger partial charge in [-0.25, -0.2) is 0 Å². The van der Waals surface area contributed by atoms with E-state index in [9.17, 15) is 4.79 Å². The Morgan fingerprint density at radius 1 is 1.19 bits per heavy atom. The van der Waals surface area contributed by atoms with Gasteiger partial charge in [0.2, 0.25) is 5.91 Å². The first-order chi connectivity index (χ1) is 10.1. The molecule has 0 fully saturated rings. The number of carbonyl (C=O) groups is 1. The molecule has 21 heavy (non-hydrogen) atoms. The summed E-state index contributed by atoms with van der Waals surface area (Å²) in [6, 6.07) is 15.3. The molecule has 0 atom stereocenters. The van der Waals surface area contributed by atoms with E-state index in [0.717, 1.165) is 22.1 Å². The van der Waals surface area contributed by atoms with Crippen molar-refractivity contribution in [2.75, 3.05) is 17.2 Å². The summed E-state index contributed by atoms with van der Waals surface area (Å²) in [5.74, 6) is 0.0838. The lowest BCUT2D eigenvalue weighted by atomic mass is 10.1. The van der Waals surface area contributed by atoms with Crippen LogP contribution in [0.15, 0.2) is 53.0 Å². The standard InChI is InChI=1S/C17H19BrN2O/c1-2-9-20(16-8-4-7-15(19)12-16)17(21)11-13-5-3-6-14(18)10-13/h3-8,10,12H,2,9,11,19H2,1H3. The first-order valence-corrected chi connectivity index (χ1v) is 7.80. The van der Waals surface area contributed by atoms with Crippen molar-refractivity contribution < 1.29 is 4.79 Å². The molecule has 0 aliphatic rings. The third-order valence-electron chi connectivity index (χ3n) is 3.17. The first-order valence-electron chi connectivity index (χ1n) is 7.00. The zero-order valence-corrected chi connectivity index (χ0v) is 13.6. The molecule has 0 heterocycles. The van der Waals surface area contributed by atoms with Crippen LogP contribution in [0.2, 0.25) is 0 Å². The molecule has 0 spiro atoms. The Bertz CT molecular complexity index is 628. The van der Waals surface area contributed by atoms with Crippen molar-refractivity contribution in [3.63, 3.8) is 0 Å². The van der Waals surface area contributed by atoms with E-state index in [0.29, 0.717) is 18.7 Å². The predicted molar refractivity (Wildman–Crippen MR) is 91.3 cm³/mol. The van der Waals surface area contributed by atoms with Gasteiger partial charge in [0.05, 0.1) is 6.42 Å². The van der Waals surface area contributed by atoms with E-state index in [1.165, 1.54) is 0 Å². The Balaban J connectivity index is 2.19. The summed E-state index contributed by atoms with van der Waals surface area (Å²) in [4.78, 5) is 14.4. The van der Waals surface area contributed by atoms with Gasteiger partial charge in [0, 0.05) is 22.4 Å². The number of hydrogen-bond donors (Lipinski definition) is 1. The molecule has 2 aromatic rings. The van der Waals surface area contributed by atoms with Crippen molar-refractivity contribution in [3.8, 4) is 0 Å². The summed E-state index contributed by atoms with van der Waals surface area (Å²) in [5.41, 5.74) is 8.35. The van der Waals surface area contributed by atoms with Gasteiger partial charge in [-0.15, -0.1) is 0 Å². The fraction of sp³-hybridized carbons (Fsp3) is 0.235. The highest BCUT2D eigenvalue weighted by Crippen LogP contribution is 2.20. The highest BCUT2D eigenvalue weighted by Gasteiger charge is 2.15. The van der Waals surface area contributed by atoms with Gasteiger partial charge in [0.25, 0.3) is 0 Å². The number of benzene rings is 2. The van der Waals surface area contributed by atoms with Gasteiger partial charge in [0.15, 0.2) is 0 Å². The molecule has 0 bridgehead atoms. The van der Waals surface area contributed by atoms with Crippen LogP contribution in [-0.4, -0.2) is 12.5 Å². The highest BCUT2D eigenvalue weighted by molar-refractivity contribution is 9.10. The number of nitrogens with zero attached hydrogens (tertiary/aromatic N) is 1. The van der Waals surface area contributed by atoms with Crippen LogP contribution < -0.4 is 10.6 Å². The molecule has 110 valence electrons. The number of rotatable bonds is 5. The van der Waals surface area contributed by atoms with E-state index in [1.807, 2.05) is 48.5 Å². The van der Waals surface area contributed by atoms with Gasteiger partial charge >= 0.3 is 0 Å². The van der Waals surface area contributed by atoms with Crippen molar-refractivity contribution in [1.29, 1.82) is 0 Å². The fourth-order valence-electron chi connectivity index (χ4n) is 2.23.